The lowest BCUT2D eigenvalue weighted by Crippen LogP contribution is -2.49. The molecule has 2 fully saturated rings. The van der Waals surface area contributed by atoms with Crippen molar-refractivity contribution in [1.82, 2.24) is 15.5 Å². The minimum atomic E-state index is -0.791. The van der Waals surface area contributed by atoms with E-state index in [1.807, 2.05) is 13.1 Å². The topological polar surface area (TPSA) is 39.7 Å². The number of hydrogen-bond donors (Lipinski definition) is 2. The number of aliphatic imine (C=N–C) groups is 1. The molecule has 7 heteroatoms. The number of likely N-dealkylation sites (tertiary alicyclic amines) is 1. The van der Waals surface area contributed by atoms with Gasteiger partial charge in [0.15, 0.2) is 17.6 Å². The SMILES string of the molecule is CN=C(NC1CCN(Cc2ccc(F)c(F)c2)CC1)NC1CC1c1ccccc1.I. The first-order valence-electron chi connectivity index (χ1n) is 10.3. The van der Waals surface area contributed by atoms with Gasteiger partial charge in [-0.3, -0.25) is 9.89 Å². The van der Waals surface area contributed by atoms with Crippen molar-refractivity contribution in [3.63, 3.8) is 0 Å². The van der Waals surface area contributed by atoms with Gasteiger partial charge < -0.3 is 10.6 Å². The lowest BCUT2D eigenvalue weighted by Gasteiger charge is -2.33. The summed E-state index contributed by atoms with van der Waals surface area (Å²) in [6.07, 6.45) is 3.13. The van der Waals surface area contributed by atoms with Crippen molar-refractivity contribution < 1.29 is 8.78 Å². The Bertz CT molecular complexity index is 854. The van der Waals surface area contributed by atoms with E-state index in [-0.39, 0.29) is 24.0 Å². The van der Waals surface area contributed by atoms with Gasteiger partial charge in [-0.2, -0.15) is 0 Å². The molecule has 2 aromatic rings. The third-order valence-corrected chi connectivity index (χ3v) is 5.88. The fourth-order valence-electron chi connectivity index (χ4n) is 4.09. The quantitative estimate of drug-likeness (QED) is 0.348. The van der Waals surface area contributed by atoms with Crippen molar-refractivity contribution in [2.45, 2.75) is 43.8 Å². The fraction of sp³-hybridized carbons (Fsp3) is 0.435. The van der Waals surface area contributed by atoms with Crippen molar-refractivity contribution >= 4 is 29.9 Å². The number of benzene rings is 2. The molecule has 1 heterocycles. The minimum Gasteiger partial charge on any atom is -0.354 e. The molecule has 2 N–H and O–H groups in total. The smallest absolute Gasteiger partial charge is 0.191 e. The van der Waals surface area contributed by atoms with Crippen molar-refractivity contribution in [1.29, 1.82) is 0 Å². The van der Waals surface area contributed by atoms with Crippen LogP contribution in [0.5, 0.6) is 0 Å². The Morgan fingerprint density at radius 1 is 1.03 bits per heavy atom. The Labute approximate surface area is 194 Å². The van der Waals surface area contributed by atoms with Crippen LogP contribution in [0.3, 0.4) is 0 Å². The Balaban J connectivity index is 0.00000256. The van der Waals surface area contributed by atoms with Crippen LogP contribution in [0.2, 0.25) is 0 Å². The summed E-state index contributed by atoms with van der Waals surface area (Å²) in [5, 5.41) is 7.10. The molecule has 0 bridgehead atoms. The summed E-state index contributed by atoms with van der Waals surface area (Å²) >= 11 is 0. The van der Waals surface area contributed by atoms with Crippen molar-refractivity contribution in [2.24, 2.45) is 4.99 Å². The molecule has 2 unspecified atom stereocenters. The zero-order chi connectivity index (χ0) is 20.2. The van der Waals surface area contributed by atoms with Crippen LogP contribution < -0.4 is 10.6 Å². The Morgan fingerprint density at radius 2 is 1.77 bits per heavy atom. The van der Waals surface area contributed by atoms with Gasteiger partial charge in [0.2, 0.25) is 0 Å². The summed E-state index contributed by atoms with van der Waals surface area (Å²) in [6, 6.07) is 15.6. The number of piperidine rings is 1. The Hall–Kier alpha value is -1.74. The normalized spacial score (nSPS) is 22.3. The predicted molar refractivity (Wildman–Crippen MR) is 127 cm³/mol. The maximum atomic E-state index is 13.4. The van der Waals surface area contributed by atoms with E-state index in [9.17, 15) is 8.78 Å². The van der Waals surface area contributed by atoms with Gasteiger partial charge >= 0.3 is 0 Å². The highest BCUT2D eigenvalue weighted by atomic mass is 127. The number of nitrogens with one attached hydrogen (secondary N) is 2. The molecule has 1 saturated carbocycles. The van der Waals surface area contributed by atoms with E-state index in [1.165, 1.54) is 17.7 Å². The average Bonchev–Trinajstić information content (AvgIpc) is 3.51. The standard InChI is InChI=1S/C23H28F2N4.HI/c1-26-23(28-22-14-19(22)17-5-3-2-4-6-17)27-18-9-11-29(12-10-18)15-16-7-8-20(24)21(25)13-16;/h2-8,13,18-19,22H,9-12,14-15H2,1H3,(H2,26,27,28);1H. The van der Waals surface area contributed by atoms with E-state index in [0.717, 1.165) is 43.9 Å². The van der Waals surface area contributed by atoms with Gasteiger partial charge in [-0.05, 0) is 42.5 Å². The summed E-state index contributed by atoms with van der Waals surface area (Å²) in [6.45, 7) is 2.49. The monoisotopic (exact) mass is 526 g/mol. The summed E-state index contributed by atoms with van der Waals surface area (Å²) in [5.41, 5.74) is 2.19. The van der Waals surface area contributed by atoms with E-state index in [4.69, 9.17) is 0 Å². The summed E-state index contributed by atoms with van der Waals surface area (Å²) in [7, 11) is 1.81. The van der Waals surface area contributed by atoms with Gasteiger partial charge in [0.1, 0.15) is 0 Å². The molecule has 0 spiro atoms. The zero-order valence-corrected chi connectivity index (χ0v) is 19.5. The highest BCUT2D eigenvalue weighted by molar-refractivity contribution is 14.0. The third kappa shape index (κ3) is 5.91. The number of hydrogen-bond acceptors (Lipinski definition) is 2. The summed E-state index contributed by atoms with van der Waals surface area (Å²) in [5.74, 6) is -0.135. The van der Waals surface area contributed by atoms with Crippen LogP contribution in [0.4, 0.5) is 8.78 Å². The molecule has 0 amide bonds. The van der Waals surface area contributed by atoms with Gasteiger partial charge in [-0.15, -0.1) is 24.0 Å². The third-order valence-electron chi connectivity index (χ3n) is 5.88. The maximum Gasteiger partial charge on any atom is 0.191 e. The number of guanidine groups is 1. The van der Waals surface area contributed by atoms with E-state index in [0.29, 0.717) is 24.5 Å². The summed E-state index contributed by atoms with van der Waals surface area (Å²) in [4.78, 5) is 6.68. The average molecular weight is 526 g/mol. The molecule has 4 rings (SSSR count). The van der Waals surface area contributed by atoms with E-state index >= 15 is 0 Å². The molecule has 0 aromatic heterocycles. The Kier molecular flexibility index (Phi) is 8.05. The number of nitrogens with zero attached hydrogens (tertiary/aromatic N) is 2. The van der Waals surface area contributed by atoms with Gasteiger partial charge in [0.05, 0.1) is 0 Å². The molecule has 1 saturated heterocycles. The molecule has 4 nitrogen and oxygen atoms in total. The van der Waals surface area contributed by atoms with E-state index in [2.05, 4.69) is 44.8 Å². The van der Waals surface area contributed by atoms with E-state index < -0.39 is 11.6 Å². The molecule has 30 heavy (non-hydrogen) atoms. The first-order chi connectivity index (χ1) is 14.1. The van der Waals surface area contributed by atoms with Crippen molar-refractivity contribution in [3.8, 4) is 0 Å². The number of rotatable bonds is 5. The zero-order valence-electron chi connectivity index (χ0n) is 17.2. The van der Waals surface area contributed by atoms with Crippen LogP contribution in [0.15, 0.2) is 53.5 Å². The second kappa shape index (κ2) is 10.5. The Morgan fingerprint density at radius 3 is 2.43 bits per heavy atom. The van der Waals surface area contributed by atoms with Crippen LogP contribution in [0, 0.1) is 11.6 Å². The van der Waals surface area contributed by atoms with Gasteiger partial charge in [0, 0.05) is 44.7 Å². The molecule has 162 valence electrons. The molecule has 0 radical (unpaired) electrons. The lowest BCUT2D eigenvalue weighted by atomic mass is 10.0. The second-order valence-electron chi connectivity index (χ2n) is 8.02. The molecule has 2 aliphatic rings. The minimum absolute atomic E-state index is 0. The van der Waals surface area contributed by atoms with Crippen LogP contribution in [-0.2, 0) is 6.54 Å². The number of halogens is 3. The molecule has 1 aliphatic heterocycles. The van der Waals surface area contributed by atoms with Crippen molar-refractivity contribution in [3.05, 3.63) is 71.3 Å². The first kappa shape index (κ1) is 22.9. The van der Waals surface area contributed by atoms with Crippen LogP contribution in [0.1, 0.15) is 36.3 Å². The van der Waals surface area contributed by atoms with Gasteiger partial charge in [-0.1, -0.05) is 36.4 Å². The van der Waals surface area contributed by atoms with Crippen LogP contribution >= 0.6 is 24.0 Å². The second-order valence-corrected chi connectivity index (χ2v) is 8.02. The molecular formula is C23H29F2IN4. The molecule has 2 aromatic carbocycles. The van der Waals surface area contributed by atoms with Crippen LogP contribution in [0.25, 0.3) is 0 Å². The highest BCUT2D eigenvalue weighted by Crippen LogP contribution is 2.40. The first-order valence-corrected chi connectivity index (χ1v) is 10.3. The molecule has 1 aliphatic carbocycles. The molecule has 2 atom stereocenters. The van der Waals surface area contributed by atoms with Gasteiger partial charge in [-0.25, -0.2) is 8.78 Å². The maximum absolute atomic E-state index is 13.4. The highest BCUT2D eigenvalue weighted by Gasteiger charge is 2.39. The largest absolute Gasteiger partial charge is 0.354 e. The van der Waals surface area contributed by atoms with Crippen LogP contribution in [-0.4, -0.2) is 43.1 Å². The summed E-state index contributed by atoms with van der Waals surface area (Å²) < 4.78 is 26.5. The van der Waals surface area contributed by atoms with Crippen molar-refractivity contribution in [2.75, 3.05) is 20.1 Å². The fourth-order valence-corrected chi connectivity index (χ4v) is 4.09. The molecular weight excluding hydrogens is 497 g/mol. The van der Waals surface area contributed by atoms with E-state index in [1.54, 1.807) is 6.07 Å². The predicted octanol–water partition coefficient (Wildman–Crippen LogP) is 4.27. The van der Waals surface area contributed by atoms with Gasteiger partial charge in [0.25, 0.3) is 0 Å². The lowest BCUT2D eigenvalue weighted by molar-refractivity contribution is 0.198.